The van der Waals surface area contributed by atoms with Gasteiger partial charge in [-0.1, -0.05) is 0 Å². The predicted molar refractivity (Wildman–Crippen MR) is 82.2 cm³/mol. The second kappa shape index (κ2) is 5.81. The van der Waals surface area contributed by atoms with Crippen LogP contribution in [0.3, 0.4) is 0 Å². The topological polar surface area (TPSA) is 40.6 Å². The van der Waals surface area contributed by atoms with Gasteiger partial charge in [-0.05, 0) is 61.9 Å². The molecule has 0 spiro atoms. The van der Waals surface area contributed by atoms with E-state index in [1.807, 2.05) is 6.92 Å². The Labute approximate surface area is 127 Å². The maximum atomic E-state index is 12.6. The molecule has 0 N–H and O–H groups in total. The van der Waals surface area contributed by atoms with Crippen LogP contribution in [0.2, 0.25) is 0 Å². The molecular formula is C12H19BrN2O2S2. The molecule has 0 bridgehead atoms. The van der Waals surface area contributed by atoms with Crippen LogP contribution < -0.4 is 0 Å². The molecule has 0 aromatic carbocycles. The fourth-order valence-corrected chi connectivity index (χ4v) is 6.19. The molecule has 0 radical (unpaired) electrons. The summed E-state index contributed by atoms with van der Waals surface area (Å²) in [5.41, 5.74) is 0. The van der Waals surface area contributed by atoms with E-state index >= 15 is 0 Å². The maximum absolute atomic E-state index is 12.6. The van der Waals surface area contributed by atoms with Crippen molar-refractivity contribution in [3.63, 3.8) is 0 Å². The number of hydrogen-bond acceptors (Lipinski definition) is 4. The van der Waals surface area contributed by atoms with Crippen LogP contribution in [-0.2, 0) is 10.0 Å². The van der Waals surface area contributed by atoms with Gasteiger partial charge in [-0.3, -0.25) is 0 Å². The quantitative estimate of drug-likeness (QED) is 0.825. The van der Waals surface area contributed by atoms with Gasteiger partial charge < -0.3 is 4.90 Å². The van der Waals surface area contributed by atoms with Gasteiger partial charge in [0.05, 0.1) is 8.68 Å². The van der Waals surface area contributed by atoms with Crippen LogP contribution in [0.5, 0.6) is 0 Å². The molecule has 1 aromatic heterocycles. The zero-order chi connectivity index (χ0) is 14.2. The third-order valence-electron chi connectivity index (χ3n) is 3.70. The molecule has 0 amide bonds. The zero-order valence-corrected chi connectivity index (χ0v) is 14.6. The molecule has 19 heavy (non-hydrogen) atoms. The monoisotopic (exact) mass is 366 g/mol. The number of sulfonamides is 1. The average molecular weight is 367 g/mol. The van der Waals surface area contributed by atoms with E-state index < -0.39 is 10.0 Å². The van der Waals surface area contributed by atoms with E-state index in [1.165, 1.54) is 11.3 Å². The Balaban J connectivity index is 2.22. The standard InChI is InChI=1S/C12H19BrN2O2S2/c1-9-11(8-12(13)18-9)19(16,17)15(3)10-4-6-14(2)7-5-10/h8,10H,4-7H2,1-3H3. The minimum atomic E-state index is -3.37. The van der Waals surface area contributed by atoms with Crippen molar-refractivity contribution in [3.05, 3.63) is 14.7 Å². The Kier molecular flexibility index (Phi) is 4.72. The van der Waals surface area contributed by atoms with Gasteiger partial charge in [0.15, 0.2) is 0 Å². The SMILES string of the molecule is Cc1sc(Br)cc1S(=O)(=O)N(C)C1CCN(C)CC1. The van der Waals surface area contributed by atoms with Gasteiger partial charge >= 0.3 is 0 Å². The van der Waals surface area contributed by atoms with Crippen LogP contribution in [0, 0.1) is 6.92 Å². The summed E-state index contributed by atoms with van der Waals surface area (Å²) < 4.78 is 27.7. The number of aryl methyl sites for hydroxylation is 1. The number of hydrogen-bond donors (Lipinski definition) is 0. The second-order valence-corrected chi connectivity index (χ2v) is 9.63. The Morgan fingerprint density at radius 2 is 2.00 bits per heavy atom. The molecule has 1 aliphatic heterocycles. The fourth-order valence-electron chi connectivity index (χ4n) is 2.40. The summed E-state index contributed by atoms with van der Waals surface area (Å²) in [7, 11) is 0.408. The largest absolute Gasteiger partial charge is 0.306 e. The fraction of sp³-hybridized carbons (Fsp3) is 0.667. The normalized spacial score (nSPS) is 19.2. The lowest BCUT2D eigenvalue weighted by molar-refractivity contribution is 0.197. The molecule has 0 unspecified atom stereocenters. The molecule has 1 aromatic rings. The van der Waals surface area contributed by atoms with Gasteiger partial charge in [-0.15, -0.1) is 11.3 Å². The number of rotatable bonds is 3. The lowest BCUT2D eigenvalue weighted by Gasteiger charge is -2.34. The second-order valence-electron chi connectivity index (χ2n) is 5.03. The minimum absolute atomic E-state index is 0.110. The first kappa shape index (κ1) is 15.4. The van der Waals surface area contributed by atoms with Crippen molar-refractivity contribution < 1.29 is 8.42 Å². The number of nitrogens with zero attached hydrogens (tertiary/aromatic N) is 2. The average Bonchev–Trinajstić information content (AvgIpc) is 2.69. The molecule has 108 valence electrons. The molecule has 0 aliphatic carbocycles. The molecule has 4 nitrogen and oxygen atoms in total. The van der Waals surface area contributed by atoms with E-state index in [-0.39, 0.29) is 6.04 Å². The maximum Gasteiger partial charge on any atom is 0.244 e. The Morgan fingerprint density at radius 3 is 2.47 bits per heavy atom. The van der Waals surface area contributed by atoms with Crippen LogP contribution in [-0.4, -0.2) is 50.8 Å². The number of piperidine rings is 1. The van der Waals surface area contributed by atoms with E-state index in [0.717, 1.165) is 34.6 Å². The first-order valence-corrected chi connectivity index (χ1v) is 9.30. The molecule has 2 rings (SSSR count). The molecule has 2 heterocycles. The van der Waals surface area contributed by atoms with Gasteiger partial charge in [0.2, 0.25) is 10.0 Å². The first-order valence-electron chi connectivity index (χ1n) is 6.25. The summed E-state index contributed by atoms with van der Waals surface area (Å²) in [6.45, 7) is 3.76. The highest BCUT2D eigenvalue weighted by Crippen LogP contribution is 2.32. The van der Waals surface area contributed by atoms with E-state index in [1.54, 1.807) is 17.4 Å². The van der Waals surface area contributed by atoms with Crippen molar-refractivity contribution >= 4 is 37.3 Å². The first-order chi connectivity index (χ1) is 8.82. The highest BCUT2D eigenvalue weighted by atomic mass is 79.9. The van der Waals surface area contributed by atoms with Gasteiger partial charge in [0.25, 0.3) is 0 Å². The Morgan fingerprint density at radius 1 is 1.42 bits per heavy atom. The highest BCUT2D eigenvalue weighted by Gasteiger charge is 2.31. The Bertz CT molecular complexity index is 548. The summed E-state index contributed by atoms with van der Waals surface area (Å²) in [5, 5.41) is 0. The van der Waals surface area contributed by atoms with Crippen LogP contribution in [0.25, 0.3) is 0 Å². The molecule has 0 atom stereocenters. The van der Waals surface area contributed by atoms with E-state index in [2.05, 4.69) is 27.9 Å². The van der Waals surface area contributed by atoms with Crippen LogP contribution in [0.4, 0.5) is 0 Å². The third-order valence-corrected chi connectivity index (χ3v) is 7.42. The van der Waals surface area contributed by atoms with E-state index in [0.29, 0.717) is 4.90 Å². The third kappa shape index (κ3) is 3.21. The van der Waals surface area contributed by atoms with Gasteiger partial charge in [0, 0.05) is 18.0 Å². The van der Waals surface area contributed by atoms with Crippen LogP contribution >= 0.6 is 27.3 Å². The summed E-state index contributed by atoms with van der Waals surface area (Å²) in [4.78, 5) is 3.51. The molecule has 0 saturated carbocycles. The molecule has 7 heteroatoms. The lowest BCUT2D eigenvalue weighted by atomic mass is 10.1. The van der Waals surface area contributed by atoms with Gasteiger partial charge in [-0.2, -0.15) is 4.31 Å². The van der Waals surface area contributed by atoms with Crippen molar-refractivity contribution in [1.29, 1.82) is 0 Å². The zero-order valence-electron chi connectivity index (χ0n) is 11.4. The van der Waals surface area contributed by atoms with Gasteiger partial charge in [-0.25, -0.2) is 8.42 Å². The van der Waals surface area contributed by atoms with Gasteiger partial charge in [0.1, 0.15) is 0 Å². The van der Waals surface area contributed by atoms with Crippen molar-refractivity contribution in [3.8, 4) is 0 Å². The summed E-state index contributed by atoms with van der Waals surface area (Å²) in [5.74, 6) is 0. The van der Waals surface area contributed by atoms with Crippen LogP contribution in [0.1, 0.15) is 17.7 Å². The minimum Gasteiger partial charge on any atom is -0.306 e. The molecule has 1 saturated heterocycles. The Hall–Kier alpha value is 0.0500. The van der Waals surface area contributed by atoms with Crippen LogP contribution in [0.15, 0.2) is 14.7 Å². The molecule has 1 aliphatic rings. The summed E-state index contributed by atoms with van der Waals surface area (Å²) in [6, 6.07) is 1.82. The summed E-state index contributed by atoms with van der Waals surface area (Å²) >= 11 is 4.82. The predicted octanol–water partition coefficient (Wildman–Crippen LogP) is 2.53. The van der Waals surface area contributed by atoms with E-state index in [4.69, 9.17) is 0 Å². The lowest BCUT2D eigenvalue weighted by Crippen LogP contribution is -2.44. The highest BCUT2D eigenvalue weighted by molar-refractivity contribution is 9.11. The number of likely N-dealkylation sites (tertiary alicyclic amines) is 1. The smallest absolute Gasteiger partial charge is 0.244 e. The van der Waals surface area contributed by atoms with E-state index in [9.17, 15) is 8.42 Å². The van der Waals surface area contributed by atoms with Crippen molar-refractivity contribution in [1.82, 2.24) is 9.21 Å². The molecular weight excluding hydrogens is 348 g/mol. The molecule has 1 fully saturated rings. The number of thiophene rings is 1. The van der Waals surface area contributed by atoms with Crippen molar-refractivity contribution in [2.45, 2.75) is 30.7 Å². The summed E-state index contributed by atoms with van der Waals surface area (Å²) in [6.07, 6.45) is 1.80. The van der Waals surface area contributed by atoms with Crippen molar-refractivity contribution in [2.24, 2.45) is 0 Å². The van der Waals surface area contributed by atoms with Crippen molar-refractivity contribution in [2.75, 3.05) is 27.2 Å². The number of halogens is 1.